The van der Waals surface area contributed by atoms with Gasteiger partial charge >= 0.3 is 0 Å². The minimum absolute atomic E-state index is 0.118. The summed E-state index contributed by atoms with van der Waals surface area (Å²) in [6, 6.07) is 2.21. The Labute approximate surface area is 118 Å². The molecule has 1 N–H and O–H groups in total. The molecule has 0 unspecified atom stereocenters. The number of nitrogens with one attached hydrogen (secondary N) is 1. The third-order valence-corrected chi connectivity index (χ3v) is 3.54. The summed E-state index contributed by atoms with van der Waals surface area (Å²) in [6.07, 6.45) is 2.88. The van der Waals surface area contributed by atoms with E-state index in [1.165, 1.54) is 0 Å². The monoisotopic (exact) mass is 282 g/mol. The first-order valence-corrected chi connectivity index (χ1v) is 6.96. The molecule has 0 radical (unpaired) electrons. The van der Waals surface area contributed by atoms with Crippen molar-refractivity contribution in [1.29, 1.82) is 0 Å². The predicted octanol–water partition coefficient (Wildman–Crippen LogP) is 3.69. The third kappa shape index (κ3) is 2.62. The zero-order valence-corrected chi connectivity index (χ0v) is 12.1. The Morgan fingerprint density at radius 2 is 1.85 bits per heavy atom. The van der Waals surface area contributed by atoms with Gasteiger partial charge in [-0.2, -0.15) is 0 Å². The highest BCUT2D eigenvalue weighted by Crippen LogP contribution is 2.36. The number of nitrogens with zero attached hydrogens (tertiary/aromatic N) is 1. The number of anilines is 2. The van der Waals surface area contributed by atoms with E-state index in [1.807, 2.05) is 0 Å². The predicted molar refractivity (Wildman–Crippen MR) is 75.9 cm³/mol. The summed E-state index contributed by atoms with van der Waals surface area (Å²) in [5.41, 5.74) is 0.0676. The van der Waals surface area contributed by atoms with E-state index in [9.17, 15) is 13.6 Å². The Kier molecular flexibility index (Phi) is 3.97. The number of rotatable bonds is 4. The molecule has 2 rings (SSSR count). The molecule has 1 aromatic carbocycles. The standard InChI is InChI=1S/C15H20F2N2O/c1-4-5-6-7-19-13-9-11(17)10(16)8-12(13)18-15(2,3)14(19)20/h8-9,18H,4-7H2,1-3H3. The summed E-state index contributed by atoms with van der Waals surface area (Å²) in [6.45, 7) is 6.08. The second-order valence-corrected chi connectivity index (χ2v) is 5.70. The molecule has 0 aliphatic carbocycles. The average molecular weight is 282 g/mol. The molecule has 110 valence electrons. The van der Waals surface area contributed by atoms with E-state index in [4.69, 9.17) is 0 Å². The normalized spacial score (nSPS) is 16.9. The van der Waals surface area contributed by atoms with E-state index in [1.54, 1.807) is 18.7 Å². The maximum Gasteiger partial charge on any atom is 0.252 e. The molecule has 0 aromatic heterocycles. The first-order chi connectivity index (χ1) is 9.36. The van der Waals surface area contributed by atoms with Gasteiger partial charge in [-0.25, -0.2) is 8.78 Å². The van der Waals surface area contributed by atoms with Crippen LogP contribution in [0.2, 0.25) is 0 Å². The van der Waals surface area contributed by atoms with Crippen molar-refractivity contribution in [1.82, 2.24) is 0 Å². The molecule has 20 heavy (non-hydrogen) atoms. The van der Waals surface area contributed by atoms with Gasteiger partial charge in [0.1, 0.15) is 5.54 Å². The number of benzene rings is 1. The molecule has 0 atom stereocenters. The zero-order chi connectivity index (χ0) is 14.9. The number of halogens is 2. The smallest absolute Gasteiger partial charge is 0.252 e. The van der Waals surface area contributed by atoms with Crippen LogP contribution in [0.3, 0.4) is 0 Å². The van der Waals surface area contributed by atoms with Crippen molar-refractivity contribution in [2.45, 2.75) is 45.6 Å². The highest BCUT2D eigenvalue weighted by atomic mass is 19.2. The van der Waals surface area contributed by atoms with Gasteiger partial charge in [-0.1, -0.05) is 19.8 Å². The van der Waals surface area contributed by atoms with Crippen LogP contribution in [-0.4, -0.2) is 18.0 Å². The third-order valence-electron chi connectivity index (χ3n) is 3.54. The Morgan fingerprint density at radius 1 is 1.20 bits per heavy atom. The highest BCUT2D eigenvalue weighted by molar-refractivity contribution is 6.07. The molecule has 5 heteroatoms. The molecule has 0 spiro atoms. The molecule has 0 saturated heterocycles. The fourth-order valence-electron chi connectivity index (χ4n) is 2.44. The second kappa shape index (κ2) is 5.38. The molecule has 0 bridgehead atoms. The topological polar surface area (TPSA) is 32.3 Å². The lowest BCUT2D eigenvalue weighted by Gasteiger charge is -2.40. The SMILES string of the molecule is CCCCCN1C(=O)C(C)(C)Nc2cc(F)c(F)cc21. The molecule has 1 aliphatic rings. The van der Waals surface area contributed by atoms with E-state index in [2.05, 4.69) is 12.2 Å². The van der Waals surface area contributed by atoms with Crippen LogP contribution in [0.15, 0.2) is 12.1 Å². The fraction of sp³-hybridized carbons (Fsp3) is 0.533. The zero-order valence-electron chi connectivity index (χ0n) is 12.1. The summed E-state index contributed by atoms with van der Waals surface area (Å²) < 4.78 is 26.8. The number of unbranched alkanes of at least 4 members (excludes halogenated alkanes) is 2. The van der Waals surface area contributed by atoms with Crippen molar-refractivity contribution >= 4 is 17.3 Å². The number of hydrogen-bond donors (Lipinski definition) is 1. The van der Waals surface area contributed by atoms with Gasteiger partial charge in [-0.15, -0.1) is 0 Å². The summed E-state index contributed by atoms with van der Waals surface area (Å²) in [5, 5.41) is 2.98. The van der Waals surface area contributed by atoms with E-state index in [-0.39, 0.29) is 5.91 Å². The van der Waals surface area contributed by atoms with Crippen LogP contribution in [0, 0.1) is 11.6 Å². The van der Waals surface area contributed by atoms with E-state index in [0.717, 1.165) is 31.4 Å². The van der Waals surface area contributed by atoms with Crippen LogP contribution in [0.25, 0.3) is 0 Å². The lowest BCUT2D eigenvalue weighted by molar-refractivity contribution is -0.122. The van der Waals surface area contributed by atoms with Gasteiger partial charge in [-0.05, 0) is 20.3 Å². The van der Waals surface area contributed by atoms with Crippen molar-refractivity contribution in [2.24, 2.45) is 0 Å². The van der Waals surface area contributed by atoms with Gasteiger partial charge in [0.05, 0.1) is 11.4 Å². The van der Waals surface area contributed by atoms with Crippen LogP contribution in [0.5, 0.6) is 0 Å². The maximum atomic E-state index is 13.4. The van der Waals surface area contributed by atoms with Crippen LogP contribution in [-0.2, 0) is 4.79 Å². The van der Waals surface area contributed by atoms with Gasteiger partial charge in [0.15, 0.2) is 11.6 Å². The van der Waals surface area contributed by atoms with Crippen molar-refractivity contribution in [3.8, 4) is 0 Å². The summed E-state index contributed by atoms with van der Waals surface area (Å²) in [4.78, 5) is 14.0. The van der Waals surface area contributed by atoms with Crippen LogP contribution in [0.4, 0.5) is 20.2 Å². The molecule has 0 fully saturated rings. The van der Waals surface area contributed by atoms with E-state index in [0.29, 0.717) is 17.9 Å². The maximum absolute atomic E-state index is 13.4. The first kappa shape index (κ1) is 14.8. The first-order valence-electron chi connectivity index (χ1n) is 6.96. The fourth-order valence-corrected chi connectivity index (χ4v) is 2.44. The largest absolute Gasteiger partial charge is 0.370 e. The Balaban J connectivity index is 2.39. The lowest BCUT2D eigenvalue weighted by atomic mass is 9.97. The number of carbonyl (C=O) groups is 1. The molecule has 1 aromatic rings. The van der Waals surface area contributed by atoms with Gasteiger partial charge in [0, 0.05) is 18.7 Å². The number of fused-ring (bicyclic) bond motifs is 1. The van der Waals surface area contributed by atoms with Gasteiger partial charge in [0.25, 0.3) is 5.91 Å². The van der Waals surface area contributed by atoms with Crippen molar-refractivity contribution in [2.75, 3.05) is 16.8 Å². The lowest BCUT2D eigenvalue weighted by Crippen LogP contribution is -2.54. The average Bonchev–Trinajstić information content (AvgIpc) is 2.37. The summed E-state index contributed by atoms with van der Waals surface area (Å²) >= 11 is 0. The van der Waals surface area contributed by atoms with Crippen molar-refractivity contribution in [3.05, 3.63) is 23.8 Å². The highest BCUT2D eigenvalue weighted by Gasteiger charge is 2.38. The second-order valence-electron chi connectivity index (χ2n) is 5.70. The minimum Gasteiger partial charge on any atom is -0.370 e. The number of amides is 1. The van der Waals surface area contributed by atoms with Gasteiger partial charge in [0.2, 0.25) is 0 Å². The molecular formula is C15H20F2N2O. The molecular weight excluding hydrogens is 262 g/mol. The summed E-state index contributed by atoms with van der Waals surface area (Å²) in [5.74, 6) is -1.96. The van der Waals surface area contributed by atoms with Crippen LogP contribution >= 0.6 is 0 Å². The van der Waals surface area contributed by atoms with Gasteiger partial charge in [-0.3, -0.25) is 4.79 Å². The Bertz CT molecular complexity index is 529. The summed E-state index contributed by atoms with van der Waals surface area (Å²) in [7, 11) is 0. The Morgan fingerprint density at radius 3 is 2.50 bits per heavy atom. The molecule has 1 heterocycles. The minimum atomic E-state index is -0.932. The van der Waals surface area contributed by atoms with Crippen LogP contribution < -0.4 is 10.2 Å². The van der Waals surface area contributed by atoms with E-state index >= 15 is 0 Å². The quantitative estimate of drug-likeness (QED) is 0.854. The van der Waals surface area contributed by atoms with Gasteiger partial charge < -0.3 is 10.2 Å². The number of carbonyl (C=O) groups excluding carboxylic acids is 1. The Hall–Kier alpha value is -1.65. The molecule has 3 nitrogen and oxygen atoms in total. The molecule has 1 amide bonds. The molecule has 1 aliphatic heterocycles. The van der Waals surface area contributed by atoms with Crippen molar-refractivity contribution in [3.63, 3.8) is 0 Å². The van der Waals surface area contributed by atoms with Crippen molar-refractivity contribution < 1.29 is 13.6 Å². The molecule has 0 saturated carbocycles. The number of hydrogen-bond acceptors (Lipinski definition) is 2. The van der Waals surface area contributed by atoms with Crippen LogP contribution in [0.1, 0.15) is 40.0 Å². The van der Waals surface area contributed by atoms with E-state index < -0.39 is 17.2 Å².